The summed E-state index contributed by atoms with van der Waals surface area (Å²) in [5, 5.41) is 14.4. The van der Waals surface area contributed by atoms with Gasteiger partial charge in [-0.3, -0.25) is 0 Å². The first-order valence-corrected chi connectivity index (χ1v) is 7.76. The second-order valence-corrected chi connectivity index (χ2v) is 6.69. The summed E-state index contributed by atoms with van der Waals surface area (Å²) in [5.41, 5.74) is 0.739. The van der Waals surface area contributed by atoms with Crippen molar-refractivity contribution >= 4 is 22.9 Å². The average Bonchev–Trinajstić information content (AvgIpc) is 3.14. The van der Waals surface area contributed by atoms with E-state index in [2.05, 4.69) is 44.8 Å². The Morgan fingerprint density at radius 1 is 0.955 bits per heavy atom. The number of aromatic nitrogens is 4. The first-order chi connectivity index (χ1) is 10.6. The molecule has 1 saturated carbocycles. The summed E-state index contributed by atoms with van der Waals surface area (Å²) in [5.74, 6) is 1.45. The molecule has 2 N–H and O–H groups in total. The van der Waals surface area contributed by atoms with Gasteiger partial charge in [0.15, 0.2) is 11.6 Å². The van der Waals surface area contributed by atoms with Gasteiger partial charge in [0.2, 0.25) is 11.3 Å². The lowest BCUT2D eigenvalue weighted by atomic mass is 9.94. The van der Waals surface area contributed by atoms with Crippen LogP contribution in [0.2, 0.25) is 0 Å². The van der Waals surface area contributed by atoms with Crippen LogP contribution < -0.4 is 10.6 Å². The Hall–Kier alpha value is -1.96. The van der Waals surface area contributed by atoms with Gasteiger partial charge in [-0.15, -0.1) is 0 Å². The number of anilines is 2. The van der Waals surface area contributed by atoms with Gasteiger partial charge < -0.3 is 15.4 Å². The van der Waals surface area contributed by atoms with Crippen LogP contribution in [0.4, 0.5) is 11.6 Å². The number of rotatable bonds is 4. The van der Waals surface area contributed by atoms with Crippen LogP contribution in [0, 0.1) is 0 Å². The van der Waals surface area contributed by atoms with Gasteiger partial charge in [-0.1, -0.05) is 0 Å². The van der Waals surface area contributed by atoms with Gasteiger partial charge in [0, 0.05) is 18.7 Å². The number of hydrogen-bond donors (Lipinski definition) is 2. The highest BCUT2D eigenvalue weighted by molar-refractivity contribution is 5.73. The maximum absolute atomic E-state index is 5.77. The smallest absolute Gasteiger partial charge is 0.245 e. The molecule has 1 atom stereocenters. The highest BCUT2D eigenvalue weighted by atomic mass is 16.6. The molecule has 0 aromatic carbocycles. The summed E-state index contributed by atoms with van der Waals surface area (Å²) < 4.78 is 10.5. The van der Waals surface area contributed by atoms with Gasteiger partial charge >= 0.3 is 0 Å². The van der Waals surface area contributed by atoms with E-state index in [0.29, 0.717) is 23.4 Å². The molecule has 3 heterocycles. The van der Waals surface area contributed by atoms with E-state index in [9.17, 15) is 0 Å². The summed E-state index contributed by atoms with van der Waals surface area (Å²) in [7, 11) is 0. The van der Waals surface area contributed by atoms with Crippen molar-refractivity contribution in [3.8, 4) is 0 Å². The van der Waals surface area contributed by atoms with Crippen molar-refractivity contribution in [2.24, 2.45) is 0 Å². The minimum atomic E-state index is -0.118. The number of fused-ring (bicyclic) bond motifs is 1. The minimum absolute atomic E-state index is 0.118. The van der Waals surface area contributed by atoms with Crippen LogP contribution in [-0.2, 0) is 4.74 Å². The molecule has 22 heavy (non-hydrogen) atoms. The molecule has 4 rings (SSSR count). The van der Waals surface area contributed by atoms with Gasteiger partial charge in [-0.2, -0.15) is 0 Å². The number of hydrogen-bond acceptors (Lipinski definition) is 8. The summed E-state index contributed by atoms with van der Waals surface area (Å²) in [4.78, 5) is 9.00. The Kier molecular flexibility index (Phi) is 3.14. The zero-order chi connectivity index (χ0) is 15.2. The summed E-state index contributed by atoms with van der Waals surface area (Å²) in [6.45, 7) is 4.97. The number of ether oxygens (including phenoxy) is 1. The molecule has 118 valence electrons. The van der Waals surface area contributed by atoms with E-state index >= 15 is 0 Å². The Bertz CT molecular complexity index is 681. The molecule has 0 unspecified atom stereocenters. The molecule has 0 bridgehead atoms. The van der Waals surface area contributed by atoms with Gasteiger partial charge in [0.25, 0.3) is 0 Å². The fourth-order valence-electron chi connectivity index (χ4n) is 2.81. The van der Waals surface area contributed by atoms with Crippen molar-refractivity contribution in [3.63, 3.8) is 0 Å². The van der Waals surface area contributed by atoms with Crippen molar-refractivity contribution in [1.29, 1.82) is 0 Å². The van der Waals surface area contributed by atoms with E-state index in [1.807, 2.05) is 0 Å². The van der Waals surface area contributed by atoms with E-state index in [0.717, 1.165) is 31.1 Å². The summed E-state index contributed by atoms with van der Waals surface area (Å²) in [6, 6.07) is 0.786. The maximum atomic E-state index is 5.77. The Balaban J connectivity index is 1.60. The molecule has 0 radical (unpaired) electrons. The molecule has 2 aromatic heterocycles. The molecule has 2 fully saturated rings. The van der Waals surface area contributed by atoms with Crippen LogP contribution in [0.1, 0.15) is 39.5 Å². The molecule has 0 amide bonds. The zero-order valence-corrected chi connectivity index (χ0v) is 12.8. The van der Waals surface area contributed by atoms with E-state index in [-0.39, 0.29) is 5.60 Å². The molecule has 2 aromatic rings. The largest absolute Gasteiger partial charge is 0.375 e. The van der Waals surface area contributed by atoms with Crippen LogP contribution in [0.5, 0.6) is 0 Å². The lowest BCUT2D eigenvalue weighted by molar-refractivity contribution is -0.0553. The number of nitrogens with one attached hydrogen (secondary N) is 2. The standard InChI is InChI=1S/C14H20N6O2/c1-14(2)7-9(5-6-21-14)16-11-10(15-8-3-4-8)17-12-13(18-11)20-22-19-12/h8-9H,3-7H2,1-2H3,(H,15,17,19)(H,16,18,20)/t9-/m1/s1. The normalized spacial score (nSPS) is 24.4. The third-order valence-corrected chi connectivity index (χ3v) is 4.07. The second-order valence-electron chi connectivity index (χ2n) is 6.69. The van der Waals surface area contributed by atoms with Crippen molar-refractivity contribution in [1.82, 2.24) is 20.3 Å². The average molecular weight is 304 g/mol. The summed E-state index contributed by atoms with van der Waals surface area (Å²) >= 11 is 0. The van der Waals surface area contributed by atoms with Crippen molar-refractivity contribution < 1.29 is 9.37 Å². The van der Waals surface area contributed by atoms with E-state index < -0.39 is 0 Å². The lowest BCUT2D eigenvalue weighted by Gasteiger charge is -2.36. The molecule has 1 aliphatic carbocycles. The molecule has 8 nitrogen and oxygen atoms in total. The molecular weight excluding hydrogens is 284 g/mol. The topological polar surface area (TPSA) is 98.0 Å². The fourth-order valence-corrected chi connectivity index (χ4v) is 2.81. The Morgan fingerprint density at radius 2 is 1.59 bits per heavy atom. The minimum Gasteiger partial charge on any atom is -0.375 e. The van der Waals surface area contributed by atoms with Crippen molar-refractivity contribution in [3.05, 3.63) is 0 Å². The second kappa shape index (κ2) is 5.05. The Labute approximate surface area is 128 Å². The maximum Gasteiger partial charge on any atom is 0.245 e. The van der Waals surface area contributed by atoms with Crippen molar-refractivity contribution in [2.45, 2.75) is 57.2 Å². The molecule has 2 aliphatic rings. The highest BCUT2D eigenvalue weighted by Crippen LogP contribution is 2.31. The molecular formula is C14H20N6O2. The SMILES string of the molecule is CC1(C)C[C@H](Nc2nc3nonc3nc2NC2CC2)CCO1. The van der Waals surface area contributed by atoms with E-state index in [1.54, 1.807) is 0 Å². The van der Waals surface area contributed by atoms with Crippen LogP contribution in [0.25, 0.3) is 11.3 Å². The zero-order valence-electron chi connectivity index (χ0n) is 12.8. The number of nitrogens with zero attached hydrogens (tertiary/aromatic N) is 4. The van der Waals surface area contributed by atoms with Gasteiger partial charge in [0.05, 0.1) is 5.60 Å². The van der Waals surface area contributed by atoms with Gasteiger partial charge in [0.1, 0.15) is 0 Å². The summed E-state index contributed by atoms with van der Waals surface area (Å²) in [6.07, 6.45) is 4.21. The van der Waals surface area contributed by atoms with Gasteiger partial charge in [-0.25, -0.2) is 14.6 Å². The highest BCUT2D eigenvalue weighted by Gasteiger charge is 2.30. The first-order valence-electron chi connectivity index (χ1n) is 7.76. The van der Waals surface area contributed by atoms with Crippen molar-refractivity contribution in [2.75, 3.05) is 17.2 Å². The van der Waals surface area contributed by atoms with Crippen LogP contribution in [0.15, 0.2) is 4.63 Å². The molecule has 0 spiro atoms. The molecule has 8 heteroatoms. The molecule has 1 aliphatic heterocycles. The third kappa shape index (κ3) is 2.83. The lowest BCUT2D eigenvalue weighted by Crippen LogP contribution is -2.40. The predicted molar refractivity (Wildman–Crippen MR) is 80.7 cm³/mol. The van der Waals surface area contributed by atoms with Crippen LogP contribution in [0.3, 0.4) is 0 Å². The first kappa shape index (κ1) is 13.7. The van der Waals surface area contributed by atoms with Crippen LogP contribution >= 0.6 is 0 Å². The quantitative estimate of drug-likeness (QED) is 0.884. The fraction of sp³-hybridized carbons (Fsp3) is 0.714. The van der Waals surface area contributed by atoms with E-state index in [1.165, 1.54) is 12.8 Å². The van der Waals surface area contributed by atoms with E-state index in [4.69, 9.17) is 9.37 Å². The molecule has 1 saturated heterocycles. The predicted octanol–water partition coefficient (Wildman–Crippen LogP) is 1.96. The third-order valence-electron chi connectivity index (χ3n) is 4.07. The van der Waals surface area contributed by atoms with Crippen LogP contribution in [-0.4, -0.2) is 44.6 Å². The monoisotopic (exact) mass is 304 g/mol. The Morgan fingerprint density at radius 3 is 2.18 bits per heavy atom. The van der Waals surface area contributed by atoms with Gasteiger partial charge in [-0.05, 0) is 49.8 Å².